The van der Waals surface area contributed by atoms with E-state index >= 15 is 0 Å². The molecule has 8 nitrogen and oxygen atoms in total. The van der Waals surface area contributed by atoms with E-state index in [1.165, 1.54) is 7.11 Å². The minimum atomic E-state index is -0.441. The van der Waals surface area contributed by atoms with E-state index in [0.29, 0.717) is 29.1 Å². The molecule has 1 N–H and O–H groups in total. The van der Waals surface area contributed by atoms with Crippen molar-refractivity contribution in [2.45, 2.75) is 6.54 Å². The molecule has 8 heteroatoms. The molecule has 1 amide bonds. The summed E-state index contributed by atoms with van der Waals surface area (Å²) in [7, 11) is 3.11. The van der Waals surface area contributed by atoms with Gasteiger partial charge in [0.2, 0.25) is 0 Å². The van der Waals surface area contributed by atoms with E-state index in [9.17, 15) is 9.59 Å². The fraction of sp³-hybridized carbons (Fsp3) is 0.167. The molecule has 0 bridgehead atoms. The third-order valence-electron chi connectivity index (χ3n) is 3.80. The van der Waals surface area contributed by atoms with E-state index in [4.69, 9.17) is 0 Å². The van der Waals surface area contributed by atoms with Crippen molar-refractivity contribution in [2.75, 3.05) is 7.11 Å². The molecule has 0 aliphatic rings. The van der Waals surface area contributed by atoms with Gasteiger partial charge >= 0.3 is 5.97 Å². The summed E-state index contributed by atoms with van der Waals surface area (Å²) in [5, 5.41) is 7.22. The summed E-state index contributed by atoms with van der Waals surface area (Å²) in [4.78, 5) is 31.9. The van der Waals surface area contributed by atoms with Crippen molar-refractivity contribution < 1.29 is 14.3 Å². The number of ether oxygens (including phenoxy) is 1. The molecule has 0 saturated heterocycles. The quantitative estimate of drug-likeness (QED) is 0.701. The largest absolute Gasteiger partial charge is 0.465 e. The van der Waals surface area contributed by atoms with Crippen LogP contribution in [0.5, 0.6) is 0 Å². The number of aromatic nitrogens is 4. The second-order valence-corrected chi connectivity index (χ2v) is 5.49. The summed E-state index contributed by atoms with van der Waals surface area (Å²) in [5.74, 6) is -0.688. The van der Waals surface area contributed by atoms with Crippen molar-refractivity contribution in [1.29, 1.82) is 0 Å². The molecule has 0 spiro atoms. The van der Waals surface area contributed by atoms with Gasteiger partial charge < -0.3 is 10.1 Å². The number of esters is 1. The van der Waals surface area contributed by atoms with Gasteiger partial charge in [-0.1, -0.05) is 0 Å². The van der Waals surface area contributed by atoms with Crippen LogP contribution in [-0.2, 0) is 18.3 Å². The maximum Gasteiger partial charge on any atom is 0.337 e. The van der Waals surface area contributed by atoms with Gasteiger partial charge in [0.15, 0.2) is 0 Å². The van der Waals surface area contributed by atoms with Crippen molar-refractivity contribution in [3.8, 4) is 11.4 Å². The van der Waals surface area contributed by atoms with Crippen LogP contribution >= 0.6 is 0 Å². The maximum atomic E-state index is 12.3. The molecule has 0 unspecified atom stereocenters. The molecule has 26 heavy (non-hydrogen) atoms. The number of aryl methyl sites for hydroxylation is 1. The average molecular weight is 351 g/mol. The standard InChI is InChI=1S/C18H17N5O3/c1-23-14(9-15(22-23)16-11-19-7-8-20-16)10-21-17(24)12-3-5-13(6-4-12)18(25)26-2/h3-9,11H,10H2,1-2H3,(H,21,24). The number of nitrogens with one attached hydrogen (secondary N) is 1. The summed E-state index contributed by atoms with van der Waals surface area (Å²) in [6, 6.07) is 8.12. The summed E-state index contributed by atoms with van der Waals surface area (Å²) in [5.41, 5.74) is 3.02. The van der Waals surface area contributed by atoms with Gasteiger partial charge in [0, 0.05) is 25.0 Å². The van der Waals surface area contributed by atoms with Crippen LogP contribution in [0.15, 0.2) is 48.9 Å². The molecule has 132 valence electrons. The highest BCUT2D eigenvalue weighted by Crippen LogP contribution is 2.15. The molecule has 0 fully saturated rings. The molecule has 0 aliphatic heterocycles. The molecule has 2 heterocycles. The first-order valence-corrected chi connectivity index (χ1v) is 7.84. The number of carbonyl (C=O) groups excluding carboxylic acids is 2. The van der Waals surface area contributed by atoms with Crippen LogP contribution in [0.25, 0.3) is 11.4 Å². The van der Waals surface area contributed by atoms with Crippen LogP contribution in [0.4, 0.5) is 0 Å². The number of amides is 1. The minimum Gasteiger partial charge on any atom is -0.465 e. The molecule has 0 atom stereocenters. The highest BCUT2D eigenvalue weighted by Gasteiger charge is 2.12. The zero-order valence-corrected chi connectivity index (χ0v) is 14.3. The number of hydrogen-bond acceptors (Lipinski definition) is 6. The Bertz CT molecular complexity index is 920. The summed E-state index contributed by atoms with van der Waals surface area (Å²) in [6.07, 6.45) is 4.83. The first kappa shape index (κ1) is 17.3. The van der Waals surface area contributed by atoms with Crippen molar-refractivity contribution in [2.24, 2.45) is 7.05 Å². The highest BCUT2D eigenvalue weighted by atomic mass is 16.5. The smallest absolute Gasteiger partial charge is 0.337 e. The normalized spacial score (nSPS) is 10.4. The fourth-order valence-corrected chi connectivity index (χ4v) is 2.38. The zero-order valence-electron chi connectivity index (χ0n) is 14.3. The fourth-order valence-electron chi connectivity index (χ4n) is 2.38. The predicted molar refractivity (Wildman–Crippen MR) is 93.2 cm³/mol. The Kier molecular flexibility index (Phi) is 5.02. The van der Waals surface area contributed by atoms with E-state index in [2.05, 4.69) is 25.1 Å². The average Bonchev–Trinajstić information content (AvgIpc) is 3.07. The number of hydrogen-bond donors (Lipinski definition) is 1. The molecule has 0 aliphatic carbocycles. The number of methoxy groups -OCH3 is 1. The Hall–Kier alpha value is -3.55. The van der Waals surface area contributed by atoms with Crippen LogP contribution in [0.2, 0.25) is 0 Å². The Morgan fingerprint density at radius 2 is 1.85 bits per heavy atom. The van der Waals surface area contributed by atoms with E-state index in [0.717, 1.165) is 5.69 Å². The van der Waals surface area contributed by atoms with Crippen LogP contribution < -0.4 is 5.32 Å². The second kappa shape index (κ2) is 7.56. The molecule has 3 aromatic rings. The first-order chi connectivity index (χ1) is 12.6. The first-order valence-electron chi connectivity index (χ1n) is 7.84. The number of carbonyl (C=O) groups is 2. The summed E-state index contributed by atoms with van der Waals surface area (Å²) < 4.78 is 6.32. The van der Waals surface area contributed by atoms with Gasteiger partial charge in [0.25, 0.3) is 5.91 Å². The van der Waals surface area contributed by atoms with Gasteiger partial charge in [-0.05, 0) is 30.3 Å². The van der Waals surface area contributed by atoms with E-state index in [-0.39, 0.29) is 5.91 Å². The molecular weight excluding hydrogens is 334 g/mol. The third-order valence-corrected chi connectivity index (χ3v) is 3.80. The second-order valence-electron chi connectivity index (χ2n) is 5.49. The topological polar surface area (TPSA) is 99.0 Å². The molecule has 0 radical (unpaired) electrons. The lowest BCUT2D eigenvalue weighted by Crippen LogP contribution is -2.24. The van der Waals surface area contributed by atoms with Gasteiger partial charge in [0.1, 0.15) is 11.4 Å². The van der Waals surface area contributed by atoms with Crippen LogP contribution in [0.3, 0.4) is 0 Å². The summed E-state index contributed by atoms with van der Waals surface area (Å²) >= 11 is 0. The molecule has 3 rings (SSSR count). The van der Waals surface area contributed by atoms with Crippen LogP contribution in [0, 0.1) is 0 Å². The Balaban J connectivity index is 1.66. The van der Waals surface area contributed by atoms with Gasteiger partial charge in [-0.3, -0.25) is 19.4 Å². The van der Waals surface area contributed by atoms with E-state index < -0.39 is 5.97 Å². The zero-order chi connectivity index (χ0) is 18.5. The van der Waals surface area contributed by atoms with Crippen molar-refractivity contribution >= 4 is 11.9 Å². The van der Waals surface area contributed by atoms with Crippen molar-refractivity contribution in [1.82, 2.24) is 25.1 Å². The van der Waals surface area contributed by atoms with Crippen molar-refractivity contribution in [3.05, 3.63) is 65.7 Å². The van der Waals surface area contributed by atoms with Gasteiger partial charge in [-0.25, -0.2) is 4.79 Å². The van der Waals surface area contributed by atoms with Gasteiger partial charge in [-0.15, -0.1) is 0 Å². The van der Waals surface area contributed by atoms with Gasteiger partial charge in [-0.2, -0.15) is 5.10 Å². The SMILES string of the molecule is COC(=O)c1ccc(C(=O)NCc2cc(-c3cnccn3)nn2C)cc1. The van der Waals surface area contributed by atoms with Crippen LogP contribution in [0.1, 0.15) is 26.4 Å². The maximum absolute atomic E-state index is 12.3. The van der Waals surface area contributed by atoms with E-state index in [1.807, 2.05) is 6.07 Å². The molecular formula is C18H17N5O3. The lowest BCUT2D eigenvalue weighted by Gasteiger charge is -2.06. The van der Waals surface area contributed by atoms with Crippen LogP contribution in [-0.4, -0.2) is 38.7 Å². The monoisotopic (exact) mass is 351 g/mol. The molecule has 0 saturated carbocycles. The Morgan fingerprint density at radius 3 is 2.50 bits per heavy atom. The minimum absolute atomic E-state index is 0.247. The molecule has 1 aromatic carbocycles. The lowest BCUT2D eigenvalue weighted by molar-refractivity contribution is 0.0600. The highest BCUT2D eigenvalue weighted by molar-refractivity contribution is 5.96. The number of rotatable bonds is 5. The number of nitrogens with zero attached hydrogens (tertiary/aromatic N) is 4. The lowest BCUT2D eigenvalue weighted by atomic mass is 10.1. The molecule has 2 aromatic heterocycles. The third kappa shape index (κ3) is 3.75. The Morgan fingerprint density at radius 1 is 1.12 bits per heavy atom. The number of benzene rings is 1. The predicted octanol–water partition coefficient (Wildman–Crippen LogP) is 1.59. The summed E-state index contributed by atoms with van der Waals surface area (Å²) in [6.45, 7) is 0.307. The van der Waals surface area contributed by atoms with E-state index in [1.54, 1.807) is 54.6 Å². The Labute approximate surface area is 149 Å². The van der Waals surface area contributed by atoms with Crippen molar-refractivity contribution in [3.63, 3.8) is 0 Å². The van der Waals surface area contributed by atoms with Gasteiger partial charge in [0.05, 0.1) is 31.1 Å².